The highest BCUT2D eigenvalue weighted by Gasteiger charge is 2.19. The van der Waals surface area contributed by atoms with Crippen molar-refractivity contribution in [1.82, 2.24) is 5.32 Å². The fourth-order valence-corrected chi connectivity index (χ4v) is 3.09. The molecule has 0 radical (unpaired) electrons. The van der Waals surface area contributed by atoms with E-state index in [-0.39, 0.29) is 0 Å². The highest BCUT2D eigenvalue weighted by Crippen LogP contribution is 2.32. The van der Waals surface area contributed by atoms with E-state index in [0.29, 0.717) is 0 Å². The Hall–Kier alpha value is -0.340. The second kappa shape index (κ2) is 3.19. The minimum absolute atomic E-state index is 0.721. The summed E-state index contributed by atoms with van der Waals surface area (Å²) in [5.41, 5.74) is 3.13. The van der Waals surface area contributed by atoms with Crippen LogP contribution in [0.25, 0.3) is 0 Å². The van der Waals surface area contributed by atoms with Gasteiger partial charge in [0.05, 0.1) is 0 Å². The highest BCUT2D eigenvalue weighted by molar-refractivity contribution is 7.10. The summed E-state index contributed by atoms with van der Waals surface area (Å²) in [6, 6.07) is 0. The van der Waals surface area contributed by atoms with E-state index in [1.54, 1.807) is 16.0 Å². The van der Waals surface area contributed by atoms with Crippen molar-refractivity contribution in [2.75, 3.05) is 6.54 Å². The Kier molecular flexibility index (Phi) is 2.20. The third-order valence-corrected chi connectivity index (χ3v) is 3.90. The van der Waals surface area contributed by atoms with Crippen molar-refractivity contribution in [3.05, 3.63) is 21.4 Å². The first-order chi connectivity index (χ1) is 5.83. The first kappa shape index (κ1) is 8.27. The van der Waals surface area contributed by atoms with Gasteiger partial charge in [0.25, 0.3) is 0 Å². The average Bonchev–Trinajstić information content (AvgIpc) is 2.49. The van der Waals surface area contributed by atoms with Crippen LogP contribution in [0.3, 0.4) is 0 Å². The Balaban J connectivity index is 2.41. The molecule has 1 aliphatic heterocycles. The Morgan fingerprint density at radius 1 is 1.67 bits per heavy atom. The Morgan fingerprint density at radius 2 is 2.50 bits per heavy atom. The van der Waals surface area contributed by atoms with Crippen molar-refractivity contribution in [2.45, 2.75) is 32.7 Å². The molecule has 1 aromatic rings. The number of hydrogen-bond donors (Lipinski definition) is 1. The molecule has 0 fully saturated rings. The van der Waals surface area contributed by atoms with E-state index in [2.05, 4.69) is 24.5 Å². The zero-order valence-corrected chi connectivity index (χ0v) is 8.50. The van der Waals surface area contributed by atoms with Crippen LogP contribution in [0.4, 0.5) is 0 Å². The van der Waals surface area contributed by atoms with Gasteiger partial charge in [-0.15, -0.1) is 11.3 Å². The number of hydrogen-bond acceptors (Lipinski definition) is 2. The molecule has 0 bridgehead atoms. The summed E-state index contributed by atoms with van der Waals surface area (Å²) in [5, 5.41) is 5.79. The summed E-state index contributed by atoms with van der Waals surface area (Å²) in [5.74, 6) is 0.721. The number of thiophene rings is 1. The number of fused-ring (bicyclic) bond motifs is 1. The minimum atomic E-state index is 0.721. The van der Waals surface area contributed by atoms with E-state index in [9.17, 15) is 0 Å². The first-order valence-electron chi connectivity index (χ1n) is 4.62. The van der Waals surface area contributed by atoms with Crippen LogP contribution in [0.1, 0.15) is 35.8 Å². The largest absolute Gasteiger partial charge is 0.312 e. The van der Waals surface area contributed by atoms with Crippen molar-refractivity contribution >= 4 is 11.3 Å². The van der Waals surface area contributed by atoms with Crippen LogP contribution in [0.5, 0.6) is 0 Å². The molecule has 66 valence electrons. The van der Waals surface area contributed by atoms with Crippen LogP contribution in [-0.4, -0.2) is 6.54 Å². The second-order valence-corrected chi connectivity index (χ2v) is 4.40. The Labute approximate surface area is 77.8 Å². The van der Waals surface area contributed by atoms with Crippen molar-refractivity contribution < 1.29 is 0 Å². The summed E-state index contributed by atoms with van der Waals surface area (Å²) < 4.78 is 0. The fourth-order valence-electron chi connectivity index (χ4n) is 1.85. The predicted molar refractivity (Wildman–Crippen MR) is 53.8 cm³/mol. The van der Waals surface area contributed by atoms with Gasteiger partial charge in [-0.1, -0.05) is 13.8 Å². The lowest BCUT2D eigenvalue weighted by atomic mass is 9.98. The topological polar surface area (TPSA) is 12.0 Å². The van der Waals surface area contributed by atoms with Crippen LogP contribution in [0.15, 0.2) is 5.38 Å². The van der Waals surface area contributed by atoms with E-state index < -0.39 is 0 Å². The molecule has 0 saturated carbocycles. The van der Waals surface area contributed by atoms with Crippen molar-refractivity contribution in [3.63, 3.8) is 0 Å². The fraction of sp³-hybridized carbons (Fsp3) is 0.600. The molecule has 0 spiro atoms. The van der Waals surface area contributed by atoms with Crippen LogP contribution in [0.2, 0.25) is 0 Å². The molecule has 0 aromatic carbocycles. The lowest BCUT2D eigenvalue weighted by molar-refractivity contribution is 0.578. The molecule has 1 nitrogen and oxygen atoms in total. The SMILES string of the molecule is CCc1csc2c1CNCC2C. The third kappa shape index (κ3) is 1.19. The van der Waals surface area contributed by atoms with Gasteiger partial charge in [0.15, 0.2) is 0 Å². The van der Waals surface area contributed by atoms with Gasteiger partial charge >= 0.3 is 0 Å². The molecule has 2 heteroatoms. The smallest absolute Gasteiger partial charge is 0.0219 e. The maximum absolute atomic E-state index is 3.46. The molecule has 1 N–H and O–H groups in total. The lowest BCUT2D eigenvalue weighted by Crippen LogP contribution is -2.25. The lowest BCUT2D eigenvalue weighted by Gasteiger charge is -2.20. The molecule has 1 unspecified atom stereocenters. The summed E-state index contributed by atoms with van der Waals surface area (Å²) in [6.45, 7) is 6.78. The molecule has 1 aromatic heterocycles. The number of nitrogens with one attached hydrogen (secondary N) is 1. The molecule has 12 heavy (non-hydrogen) atoms. The highest BCUT2D eigenvalue weighted by atomic mass is 32.1. The molecule has 0 saturated heterocycles. The molecule has 0 amide bonds. The van der Waals surface area contributed by atoms with Gasteiger partial charge < -0.3 is 5.32 Å². The molecule has 0 aliphatic carbocycles. The molecule has 2 rings (SSSR count). The predicted octanol–water partition coefficient (Wildman–Crippen LogP) is 2.52. The van der Waals surface area contributed by atoms with Crippen LogP contribution < -0.4 is 5.32 Å². The van der Waals surface area contributed by atoms with Crippen molar-refractivity contribution in [2.24, 2.45) is 0 Å². The summed E-state index contributed by atoms with van der Waals surface area (Å²) in [4.78, 5) is 1.62. The molecular formula is C10H15NS. The van der Waals surface area contributed by atoms with Crippen molar-refractivity contribution in [1.29, 1.82) is 0 Å². The van der Waals surface area contributed by atoms with Gasteiger partial charge in [0.1, 0.15) is 0 Å². The molecule has 1 atom stereocenters. The second-order valence-electron chi connectivity index (χ2n) is 3.49. The average molecular weight is 181 g/mol. The molecule has 2 heterocycles. The Morgan fingerprint density at radius 3 is 3.25 bits per heavy atom. The zero-order chi connectivity index (χ0) is 8.55. The first-order valence-corrected chi connectivity index (χ1v) is 5.50. The number of aryl methyl sites for hydroxylation is 1. The van der Waals surface area contributed by atoms with E-state index in [1.807, 2.05) is 11.3 Å². The van der Waals surface area contributed by atoms with Gasteiger partial charge in [-0.05, 0) is 22.9 Å². The zero-order valence-electron chi connectivity index (χ0n) is 7.68. The maximum Gasteiger partial charge on any atom is 0.0219 e. The normalized spacial score (nSPS) is 22.3. The standard InChI is InChI=1S/C10H15NS/c1-3-8-6-12-10-7(2)4-11-5-9(8)10/h6-7,11H,3-5H2,1-2H3. The van der Waals surface area contributed by atoms with E-state index in [0.717, 1.165) is 19.0 Å². The Bertz CT molecular complexity index is 277. The van der Waals surface area contributed by atoms with Crippen LogP contribution >= 0.6 is 11.3 Å². The number of rotatable bonds is 1. The molecule has 1 aliphatic rings. The van der Waals surface area contributed by atoms with Gasteiger partial charge in [0, 0.05) is 23.9 Å². The van der Waals surface area contributed by atoms with Gasteiger partial charge in [-0.25, -0.2) is 0 Å². The van der Waals surface area contributed by atoms with Gasteiger partial charge in [0.2, 0.25) is 0 Å². The minimum Gasteiger partial charge on any atom is -0.312 e. The maximum atomic E-state index is 3.46. The van der Waals surface area contributed by atoms with Crippen LogP contribution in [-0.2, 0) is 13.0 Å². The van der Waals surface area contributed by atoms with Gasteiger partial charge in [-0.2, -0.15) is 0 Å². The van der Waals surface area contributed by atoms with Crippen molar-refractivity contribution in [3.8, 4) is 0 Å². The van der Waals surface area contributed by atoms with E-state index in [1.165, 1.54) is 6.42 Å². The monoisotopic (exact) mass is 181 g/mol. The van der Waals surface area contributed by atoms with E-state index in [4.69, 9.17) is 0 Å². The summed E-state index contributed by atoms with van der Waals surface area (Å²) in [6.07, 6.45) is 1.18. The van der Waals surface area contributed by atoms with Gasteiger partial charge in [-0.3, -0.25) is 0 Å². The van der Waals surface area contributed by atoms with E-state index >= 15 is 0 Å². The third-order valence-electron chi connectivity index (χ3n) is 2.59. The summed E-state index contributed by atoms with van der Waals surface area (Å²) in [7, 11) is 0. The summed E-state index contributed by atoms with van der Waals surface area (Å²) >= 11 is 1.94. The molecular weight excluding hydrogens is 166 g/mol. The van der Waals surface area contributed by atoms with Crippen LogP contribution in [0, 0.1) is 0 Å². The quantitative estimate of drug-likeness (QED) is 0.702.